The summed E-state index contributed by atoms with van der Waals surface area (Å²) in [5, 5.41) is 0. The van der Waals surface area contributed by atoms with Crippen LogP contribution >= 0.6 is 15.9 Å². The summed E-state index contributed by atoms with van der Waals surface area (Å²) < 4.78 is 13.8. The predicted molar refractivity (Wildman–Crippen MR) is 183 cm³/mol. The molecule has 9 heterocycles. The molecule has 0 spiro atoms. The highest BCUT2D eigenvalue weighted by molar-refractivity contribution is 9.10. The van der Waals surface area contributed by atoms with Crippen LogP contribution in [0, 0.1) is 0 Å². The highest BCUT2D eigenvalue weighted by Crippen LogP contribution is 2.37. The molecule has 7 aliphatic heterocycles. The van der Waals surface area contributed by atoms with Crippen LogP contribution in [-0.4, -0.2) is 0 Å². The van der Waals surface area contributed by atoms with Crippen LogP contribution in [-0.2, 0) is 6.42 Å². The first-order valence-corrected chi connectivity index (χ1v) is 15.6. The van der Waals surface area contributed by atoms with Gasteiger partial charge in [-0.15, -0.1) is 0 Å². The predicted octanol–water partition coefficient (Wildman–Crippen LogP) is 12.3. The summed E-state index contributed by atoms with van der Waals surface area (Å²) in [6.45, 7) is 2.23. The fourth-order valence-electron chi connectivity index (χ4n) is 5.47. The maximum absolute atomic E-state index is 6.53. The van der Waals surface area contributed by atoms with Gasteiger partial charge in [0.25, 0.3) is 0 Å². The van der Waals surface area contributed by atoms with Crippen molar-refractivity contribution in [1.29, 1.82) is 0 Å². The van der Waals surface area contributed by atoms with E-state index in [1.807, 2.05) is 6.07 Å². The second-order valence-corrected chi connectivity index (χ2v) is 11.9. The normalized spacial score (nSPS) is 13.5. The Labute approximate surface area is 261 Å². The first-order valence-electron chi connectivity index (χ1n) is 14.8. The van der Waals surface area contributed by atoms with Crippen molar-refractivity contribution < 1.29 is 8.83 Å². The molecule has 0 atom stereocenters. The summed E-state index contributed by atoms with van der Waals surface area (Å²) in [5.74, 6) is 3.54. The van der Waals surface area contributed by atoms with Crippen LogP contribution in [0.4, 0.5) is 0 Å². The summed E-state index contributed by atoms with van der Waals surface area (Å²) in [7, 11) is 0. The van der Waals surface area contributed by atoms with E-state index in [-0.39, 0.29) is 0 Å². The third-order valence-electron chi connectivity index (χ3n) is 7.97. The smallest absolute Gasteiger partial charge is 0.148 e. The van der Waals surface area contributed by atoms with E-state index in [1.165, 1.54) is 5.56 Å². The van der Waals surface area contributed by atoms with Crippen molar-refractivity contribution in [3.8, 4) is 45.3 Å². The van der Waals surface area contributed by atoms with E-state index in [0.717, 1.165) is 91.3 Å². The summed E-state index contributed by atoms with van der Waals surface area (Å²) in [6, 6.07) is 38.4. The van der Waals surface area contributed by atoms with Crippen molar-refractivity contribution in [2.24, 2.45) is 0 Å². The Hall–Kier alpha value is -4.60. The Morgan fingerprint density at radius 3 is 1.35 bits per heavy atom. The van der Waals surface area contributed by atoms with E-state index in [1.54, 1.807) is 0 Å². The Morgan fingerprint density at radius 1 is 0.488 bits per heavy atom. The molecule has 12 bridgehead atoms. The summed E-state index contributed by atoms with van der Waals surface area (Å²) in [4.78, 5) is 0. The number of rotatable bonds is 3. The minimum Gasteiger partial charge on any atom is -0.456 e. The van der Waals surface area contributed by atoms with Gasteiger partial charge in [0.2, 0.25) is 0 Å². The van der Waals surface area contributed by atoms with E-state index in [9.17, 15) is 0 Å². The molecular weight excluding hydrogens is 592 g/mol. The molecule has 2 aromatic heterocycles. The molecule has 0 fully saturated rings. The molecule has 7 aliphatic rings. The molecule has 13 rings (SSSR count). The molecular formula is C40H31BrO2. The maximum Gasteiger partial charge on any atom is 0.148 e. The lowest BCUT2D eigenvalue weighted by Gasteiger charge is -2.04. The van der Waals surface area contributed by atoms with Crippen LogP contribution in [0.2, 0.25) is 0 Å². The zero-order chi connectivity index (χ0) is 29.2. The van der Waals surface area contributed by atoms with Crippen LogP contribution in [0.1, 0.15) is 47.6 Å². The van der Waals surface area contributed by atoms with Crippen LogP contribution in [0.25, 0.3) is 69.6 Å². The van der Waals surface area contributed by atoms with Crippen molar-refractivity contribution >= 4 is 40.2 Å². The third-order valence-corrected chi connectivity index (χ3v) is 8.56. The van der Waals surface area contributed by atoms with Gasteiger partial charge in [0.1, 0.15) is 23.0 Å². The van der Waals surface area contributed by atoms with Crippen LogP contribution in [0.15, 0.2) is 123 Å². The van der Waals surface area contributed by atoms with Crippen molar-refractivity contribution in [1.82, 2.24) is 0 Å². The molecule has 0 saturated carbocycles. The highest BCUT2D eigenvalue weighted by atomic mass is 79.9. The van der Waals surface area contributed by atoms with Crippen molar-refractivity contribution in [3.05, 3.63) is 141 Å². The number of hydrogen-bond acceptors (Lipinski definition) is 2. The van der Waals surface area contributed by atoms with Gasteiger partial charge in [-0.1, -0.05) is 135 Å². The number of halogens is 1. The molecule has 0 amide bonds. The molecule has 210 valence electrons. The largest absolute Gasteiger partial charge is 0.456 e. The Morgan fingerprint density at radius 2 is 0.884 bits per heavy atom. The number of unbranched alkanes of at least 4 members (excludes halogenated alkanes) is 1. The fraction of sp³-hybridized carbons (Fsp3) is 0.100. The van der Waals surface area contributed by atoms with Gasteiger partial charge in [-0.2, -0.15) is 0 Å². The molecule has 0 unspecified atom stereocenters. The Bertz CT molecular complexity index is 1910. The van der Waals surface area contributed by atoms with Crippen LogP contribution in [0.3, 0.4) is 0 Å². The average molecular weight is 624 g/mol. The minimum atomic E-state index is 0.828. The number of aryl methyl sites for hydroxylation is 1. The first kappa shape index (κ1) is 27.2. The Balaban J connectivity index is 1.29. The Kier molecular flexibility index (Phi) is 7.57. The van der Waals surface area contributed by atoms with Gasteiger partial charge in [0.05, 0.1) is 4.47 Å². The van der Waals surface area contributed by atoms with Crippen molar-refractivity contribution in [2.45, 2.75) is 26.2 Å². The first-order chi connectivity index (χ1) is 21.1. The lowest BCUT2D eigenvalue weighted by atomic mass is 10.0. The number of furan rings is 2. The fourth-order valence-corrected chi connectivity index (χ4v) is 5.99. The summed E-state index contributed by atoms with van der Waals surface area (Å²) >= 11 is 3.71. The second-order valence-electron chi connectivity index (χ2n) is 11.0. The summed E-state index contributed by atoms with van der Waals surface area (Å²) in [5.41, 5.74) is 10.1. The van der Waals surface area contributed by atoms with Gasteiger partial charge in [-0.05, 0) is 68.7 Å². The molecule has 4 aromatic carbocycles. The zero-order valence-corrected chi connectivity index (χ0v) is 25.6. The van der Waals surface area contributed by atoms with Gasteiger partial charge < -0.3 is 8.83 Å². The summed E-state index contributed by atoms with van der Waals surface area (Å²) in [6.07, 6.45) is 11.9. The average Bonchev–Trinajstić information content (AvgIpc) is 3.66. The second kappa shape index (κ2) is 11.9. The molecule has 2 nitrogen and oxygen atoms in total. The minimum absolute atomic E-state index is 0.828. The molecule has 6 aromatic rings. The van der Waals surface area contributed by atoms with Crippen LogP contribution < -0.4 is 0 Å². The third kappa shape index (κ3) is 5.86. The molecule has 0 N–H and O–H groups in total. The SMILES string of the molecule is CCCCc1cc2oc1-c1ccc(cc1)/C=C\c1ccc(cc1)-c1oc(cc1Br)-c1ccc(cc1)/C=C\c1ccc-2cc1. The standard InChI is InChI=1S/C40H31BrO2/c1-2-3-4-35-25-37-31-17-9-27(10-18-31)5-6-28-11-19-32(20-12-28)38-26-36(41)40(43-38)34-23-15-30(16-24-34)8-7-29-13-21-33(22-14-29)39(35)42-37/h5-26H,2-4H2,1H3/b6-5-,8-7-,27-5?,28-6?,29-7?,30-8?,37-31?,38-32?,39-33?,40-34?. The number of benzene rings is 4. The molecule has 43 heavy (non-hydrogen) atoms. The highest BCUT2D eigenvalue weighted by Gasteiger charge is 2.15. The van der Waals surface area contributed by atoms with Gasteiger partial charge >= 0.3 is 0 Å². The van der Waals surface area contributed by atoms with E-state index in [2.05, 4.69) is 150 Å². The van der Waals surface area contributed by atoms with Crippen molar-refractivity contribution in [3.63, 3.8) is 0 Å². The van der Waals surface area contributed by atoms with Crippen LogP contribution in [0.5, 0.6) is 0 Å². The van der Waals surface area contributed by atoms with Crippen molar-refractivity contribution in [2.75, 3.05) is 0 Å². The molecule has 0 aliphatic carbocycles. The lowest BCUT2D eigenvalue weighted by molar-refractivity contribution is 0.593. The topological polar surface area (TPSA) is 26.3 Å². The lowest BCUT2D eigenvalue weighted by Crippen LogP contribution is -1.86. The van der Waals surface area contributed by atoms with E-state index in [4.69, 9.17) is 8.83 Å². The zero-order valence-electron chi connectivity index (χ0n) is 24.0. The molecule has 3 heteroatoms. The molecule has 0 radical (unpaired) electrons. The number of hydrogen-bond donors (Lipinski definition) is 0. The van der Waals surface area contributed by atoms with Gasteiger partial charge in [0.15, 0.2) is 0 Å². The maximum atomic E-state index is 6.53. The molecule has 0 saturated heterocycles. The van der Waals surface area contributed by atoms with Gasteiger partial charge in [-0.25, -0.2) is 0 Å². The quantitative estimate of drug-likeness (QED) is 0.196. The van der Waals surface area contributed by atoms with Gasteiger partial charge in [-0.3, -0.25) is 0 Å². The van der Waals surface area contributed by atoms with E-state index >= 15 is 0 Å². The van der Waals surface area contributed by atoms with E-state index in [0.29, 0.717) is 0 Å². The van der Waals surface area contributed by atoms with E-state index < -0.39 is 0 Å². The monoisotopic (exact) mass is 622 g/mol. The van der Waals surface area contributed by atoms with Gasteiger partial charge in [0, 0.05) is 22.3 Å².